The highest BCUT2D eigenvalue weighted by atomic mass is 32.1. The van der Waals surface area contributed by atoms with Crippen LogP contribution in [0.15, 0.2) is 36.4 Å². The molecular weight excluding hydrogens is 448 g/mol. The second-order valence-electron chi connectivity index (χ2n) is 7.35. The number of hydrogen-bond acceptors (Lipinski definition) is 5. The van der Waals surface area contributed by atoms with Gasteiger partial charge in [-0.1, -0.05) is 49.6 Å². The lowest BCUT2D eigenvalue weighted by molar-refractivity contribution is 0.0528. The molecule has 1 aliphatic rings. The van der Waals surface area contributed by atoms with Crippen molar-refractivity contribution in [2.75, 3.05) is 11.9 Å². The van der Waals surface area contributed by atoms with Gasteiger partial charge in [0, 0.05) is 17.3 Å². The van der Waals surface area contributed by atoms with E-state index in [1.165, 1.54) is 36.2 Å². The molecule has 0 radical (unpaired) electrons. The molecule has 0 aliphatic heterocycles. The number of benzene rings is 1. The topological polar surface area (TPSA) is 74.4 Å². The Morgan fingerprint density at radius 2 is 1.81 bits per heavy atom. The number of carbonyl (C=O) groups excluding carboxylic acids is 1. The van der Waals surface area contributed by atoms with E-state index >= 15 is 0 Å². The van der Waals surface area contributed by atoms with Crippen molar-refractivity contribution < 1.29 is 9.53 Å². The Bertz CT molecular complexity index is 895. The van der Waals surface area contributed by atoms with E-state index in [0.29, 0.717) is 33.4 Å². The van der Waals surface area contributed by atoms with Crippen molar-refractivity contribution >= 4 is 57.0 Å². The van der Waals surface area contributed by atoms with Gasteiger partial charge in [0.2, 0.25) is 0 Å². The van der Waals surface area contributed by atoms with Crippen LogP contribution in [-0.4, -0.2) is 28.8 Å². The summed E-state index contributed by atoms with van der Waals surface area (Å²) in [6, 6.07) is 12.4. The standard InChI is InChI=1S/C22H28N4O2S3/c1-2-28-20(27)18-14-17(13-15-9-5-3-6-10-15)31-19(18)24-22(30)26-25-21(29)23-16-11-7-4-8-12-16/h3,5-6,9-10,14,16H,2,4,7-8,11-13H2,1H3,(H2,23,25,29)(H2,24,26,30). The molecule has 0 unspecified atom stereocenters. The summed E-state index contributed by atoms with van der Waals surface area (Å²) in [4.78, 5) is 13.5. The summed E-state index contributed by atoms with van der Waals surface area (Å²) in [6.45, 7) is 2.10. The van der Waals surface area contributed by atoms with Crippen molar-refractivity contribution in [1.29, 1.82) is 0 Å². The van der Waals surface area contributed by atoms with E-state index in [0.717, 1.165) is 24.1 Å². The van der Waals surface area contributed by atoms with Crippen molar-refractivity contribution in [3.05, 3.63) is 52.4 Å². The van der Waals surface area contributed by atoms with Gasteiger partial charge in [0.25, 0.3) is 0 Å². The molecule has 1 saturated carbocycles. The zero-order valence-corrected chi connectivity index (χ0v) is 20.0. The van der Waals surface area contributed by atoms with Crippen LogP contribution in [0.4, 0.5) is 5.00 Å². The number of thiocarbonyl (C=S) groups is 2. The Kier molecular flexibility index (Phi) is 9.05. The summed E-state index contributed by atoms with van der Waals surface area (Å²) in [7, 11) is 0. The molecule has 4 N–H and O–H groups in total. The number of carbonyl (C=O) groups is 1. The lowest BCUT2D eigenvalue weighted by Crippen LogP contribution is -2.51. The molecule has 1 heterocycles. The lowest BCUT2D eigenvalue weighted by atomic mass is 9.96. The largest absolute Gasteiger partial charge is 0.462 e. The van der Waals surface area contributed by atoms with Gasteiger partial charge >= 0.3 is 5.97 Å². The first-order valence-corrected chi connectivity index (χ1v) is 12.2. The maximum Gasteiger partial charge on any atom is 0.341 e. The fourth-order valence-corrected chi connectivity index (χ4v) is 5.01. The predicted octanol–water partition coefficient (Wildman–Crippen LogP) is 4.51. The van der Waals surface area contributed by atoms with Crippen LogP contribution in [-0.2, 0) is 11.2 Å². The van der Waals surface area contributed by atoms with Crippen LogP contribution in [0.5, 0.6) is 0 Å². The number of esters is 1. The zero-order valence-electron chi connectivity index (χ0n) is 17.5. The number of rotatable bonds is 6. The van der Waals surface area contributed by atoms with E-state index in [-0.39, 0.29) is 5.97 Å². The van der Waals surface area contributed by atoms with E-state index in [4.69, 9.17) is 29.2 Å². The third-order valence-electron chi connectivity index (χ3n) is 4.96. The first kappa shape index (κ1) is 23.4. The normalized spacial score (nSPS) is 13.8. The molecule has 0 bridgehead atoms. The zero-order chi connectivity index (χ0) is 22.1. The Hall–Kier alpha value is -2.23. The van der Waals surface area contributed by atoms with Gasteiger partial charge in [-0.15, -0.1) is 11.3 Å². The molecule has 0 amide bonds. The van der Waals surface area contributed by atoms with Gasteiger partial charge in [-0.3, -0.25) is 10.9 Å². The van der Waals surface area contributed by atoms with E-state index in [1.807, 2.05) is 24.3 Å². The highest BCUT2D eigenvalue weighted by molar-refractivity contribution is 7.80. The Morgan fingerprint density at radius 3 is 2.52 bits per heavy atom. The minimum atomic E-state index is -0.370. The third-order valence-corrected chi connectivity index (χ3v) is 6.43. The minimum Gasteiger partial charge on any atom is -0.462 e. The van der Waals surface area contributed by atoms with Crippen molar-refractivity contribution in [2.24, 2.45) is 0 Å². The smallest absolute Gasteiger partial charge is 0.341 e. The Balaban J connectivity index is 1.59. The highest BCUT2D eigenvalue weighted by Crippen LogP contribution is 2.30. The Morgan fingerprint density at radius 1 is 1.10 bits per heavy atom. The molecule has 3 rings (SSSR count). The van der Waals surface area contributed by atoms with Crippen LogP contribution in [0.2, 0.25) is 0 Å². The number of hydrogen-bond donors (Lipinski definition) is 4. The molecular formula is C22H28N4O2S3. The molecule has 0 saturated heterocycles. The molecule has 0 spiro atoms. The average molecular weight is 477 g/mol. The number of ether oxygens (including phenoxy) is 1. The van der Waals surface area contributed by atoms with Crippen LogP contribution < -0.4 is 21.5 Å². The SMILES string of the molecule is CCOC(=O)c1cc(Cc2ccccc2)sc1NC(=S)NNC(=S)NC1CCCCC1. The van der Waals surface area contributed by atoms with Gasteiger partial charge in [0.15, 0.2) is 10.2 Å². The van der Waals surface area contributed by atoms with E-state index in [1.54, 1.807) is 6.92 Å². The van der Waals surface area contributed by atoms with Crippen LogP contribution >= 0.6 is 35.8 Å². The van der Waals surface area contributed by atoms with E-state index < -0.39 is 0 Å². The molecule has 1 aliphatic carbocycles. The summed E-state index contributed by atoms with van der Waals surface area (Å²) in [5, 5.41) is 7.90. The Labute approximate surface area is 198 Å². The fourth-order valence-electron chi connectivity index (χ4n) is 3.50. The summed E-state index contributed by atoms with van der Waals surface area (Å²) in [6.07, 6.45) is 6.75. The first-order chi connectivity index (χ1) is 15.0. The molecule has 9 heteroatoms. The van der Waals surface area contributed by atoms with Crippen molar-refractivity contribution in [3.63, 3.8) is 0 Å². The van der Waals surface area contributed by atoms with Crippen LogP contribution in [0.1, 0.15) is 59.8 Å². The summed E-state index contributed by atoms with van der Waals surface area (Å²) in [5.74, 6) is -0.370. The predicted molar refractivity (Wildman–Crippen MR) is 135 cm³/mol. The van der Waals surface area contributed by atoms with E-state index in [2.05, 4.69) is 33.6 Å². The van der Waals surface area contributed by atoms with Gasteiger partial charge in [-0.25, -0.2) is 4.79 Å². The maximum absolute atomic E-state index is 12.4. The molecule has 1 aromatic carbocycles. The second kappa shape index (κ2) is 12.0. The van der Waals surface area contributed by atoms with E-state index in [9.17, 15) is 4.79 Å². The van der Waals surface area contributed by atoms with Gasteiger partial charge in [0.1, 0.15) is 5.00 Å². The average Bonchev–Trinajstić information content (AvgIpc) is 3.16. The maximum atomic E-state index is 12.4. The quantitative estimate of drug-likeness (QED) is 0.276. The molecule has 31 heavy (non-hydrogen) atoms. The highest BCUT2D eigenvalue weighted by Gasteiger charge is 2.19. The van der Waals surface area contributed by atoms with Crippen LogP contribution in [0, 0.1) is 0 Å². The van der Waals surface area contributed by atoms with Crippen molar-refractivity contribution in [2.45, 2.75) is 51.5 Å². The minimum absolute atomic E-state index is 0.313. The lowest BCUT2D eigenvalue weighted by Gasteiger charge is -2.24. The van der Waals surface area contributed by atoms with Gasteiger partial charge in [-0.05, 0) is 55.8 Å². The molecule has 1 fully saturated rings. The summed E-state index contributed by atoms with van der Waals surface area (Å²) >= 11 is 12.2. The molecule has 6 nitrogen and oxygen atoms in total. The van der Waals surface area contributed by atoms with Crippen molar-refractivity contribution in [1.82, 2.24) is 16.2 Å². The number of nitrogens with one attached hydrogen (secondary N) is 4. The number of anilines is 1. The summed E-state index contributed by atoms with van der Waals surface area (Å²) < 4.78 is 5.21. The number of hydrazine groups is 1. The summed E-state index contributed by atoms with van der Waals surface area (Å²) in [5.41, 5.74) is 7.47. The van der Waals surface area contributed by atoms with Gasteiger partial charge in [-0.2, -0.15) is 0 Å². The molecule has 166 valence electrons. The van der Waals surface area contributed by atoms with Crippen molar-refractivity contribution in [3.8, 4) is 0 Å². The fraction of sp³-hybridized carbons (Fsp3) is 0.409. The third kappa shape index (κ3) is 7.45. The molecule has 0 atom stereocenters. The molecule has 1 aromatic heterocycles. The van der Waals surface area contributed by atoms with Gasteiger partial charge < -0.3 is 15.4 Å². The van der Waals surface area contributed by atoms with Gasteiger partial charge in [0.05, 0.1) is 12.2 Å². The van der Waals surface area contributed by atoms with Crippen LogP contribution in [0.25, 0.3) is 0 Å². The molecule has 2 aromatic rings. The number of thiophene rings is 1. The second-order valence-corrected chi connectivity index (χ2v) is 9.30. The monoisotopic (exact) mass is 476 g/mol. The first-order valence-electron chi connectivity index (χ1n) is 10.5. The van der Waals surface area contributed by atoms with Crippen LogP contribution in [0.3, 0.4) is 0 Å².